The van der Waals surface area contributed by atoms with E-state index in [0.717, 1.165) is 32.0 Å². The number of methoxy groups -OCH3 is 1. The predicted molar refractivity (Wildman–Crippen MR) is 122 cm³/mol. The number of ether oxygens (including phenoxy) is 1. The largest absolute Gasteiger partial charge is 0.464 e. The maximum atomic E-state index is 14.0. The topological polar surface area (TPSA) is 92.2 Å². The second-order valence-electron chi connectivity index (χ2n) is 8.51. The Kier molecular flexibility index (Phi) is 7.34. The van der Waals surface area contributed by atoms with E-state index in [9.17, 15) is 22.4 Å². The van der Waals surface area contributed by atoms with Crippen LogP contribution in [-0.2, 0) is 19.6 Å². The number of sulfonamides is 1. The molecule has 2 aliphatic heterocycles. The van der Waals surface area contributed by atoms with Crippen LogP contribution in [0.3, 0.4) is 0 Å². The summed E-state index contributed by atoms with van der Waals surface area (Å²) in [5.41, 5.74) is 0.528. The van der Waals surface area contributed by atoms with Gasteiger partial charge in [0, 0.05) is 51.5 Å². The first-order valence-corrected chi connectivity index (χ1v) is 12.7. The molecule has 0 atom stereocenters. The molecule has 0 bridgehead atoms. The van der Waals surface area contributed by atoms with E-state index in [0.29, 0.717) is 5.69 Å². The number of amides is 1. The Labute approximate surface area is 198 Å². The summed E-state index contributed by atoms with van der Waals surface area (Å²) in [5, 5.41) is 0. The van der Waals surface area contributed by atoms with E-state index in [1.54, 1.807) is 11.0 Å². The molecule has 2 fully saturated rings. The van der Waals surface area contributed by atoms with Gasteiger partial charge in [0.2, 0.25) is 15.9 Å². The molecular formula is C23H29FN4O5S. The number of hydrogen-bond donors (Lipinski definition) is 0. The fourth-order valence-corrected chi connectivity index (χ4v) is 6.09. The molecule has 1 aromatic carbocycles. The van der Waals surface area contributed by atoms with Gasteiger partial charge in [-0.3, -0.25) is 9.69 Å². The molecule has 0 spiro atoms. The number of carbonyl (C=O) groups excluding carboxylic acids is 2. The fourth-order valence-electron chi connectivity index (χ4n) is 4.61. The van der Waals surface area contributed by atoms with Crippen LogP contribution in [0.1, 0.15) is 29.4 Å². The van der Waals surface area contributed by atoms with Gasteiger partial charge < -0.3 is 14.2 Å². The number of esters is 1. The normalized spacial score (nSPS) is 18.7. The zero-order valence-electron chi connectivity index (χ0n) is 19.1. The summed E-state index contributed by atoms with van der Waals surface area (Å²) in [6.07, 6.45) is 3.49. The molecule has 3 heterocycles. The average Bonchev–Trinajstić information content (AvgIpc) is 3.34. The van der Waals surface area contributed by atoms with Gasteiger partial charge in [-0.1, -0.05) is 12.1 Å². The number of nitrogens with zero attached hydrogens (tertiary/aromatic N) is 4. The van der Waals surface area contributed by atoms with Crippen LogP contribution in [0, 0.1) is 5.82 Å². The van der Waals surface area contributed by atoms with E-state index in [1.807, 2.05) is 16.8 Å². The SMILES string of the molecule is COC(=O)c1cccn1C1CCN(CC(=O)N2CCN(S(=O)(=O)c3ccccc3F)CC2)CC1. The lowest BCUT2D eigenvalue weighted by Gasteiger charge is -2.37. The summed E-state index contributed by atoms with van der Waals surface area (Å²) in [6, 6.07) is 9.07. The van der Waals surface area contributed by atoms with Crippen LogP contribution in [0.2, 0.25) is 0 Å². The fraction of sp³-hybridized carbons (Fsp3) is 0.478. The van der Waals surface area contributed by atoms with Crippen LogP contribution in [0.4, 0.5) is 4.39 Å². The summed E-state index contributed by atoms with van der Waals surface area (Å²) in [5.74, 6) is -1.18. The van der Waals surface area contributed by atoms with Crippen molar-refractivity contribution in [1.82, 2.24) is 18.7 Å². The van der Waals surface area contributed by atoms with Gasteiger partial charge in [0.05, 0.1) is 13.7 Å². The minimum atomic E-state index is -3.93. The van der Waals surface area contributed by atoms with Gasteiger partial charge in [-0.2, -0.15) is 4.31 Å². The van der Waals surface area contributed by atoms with Crippen LogP contribution in [-0.4, -0.2) is 91.9 Å². The molecule has 1 aromatic heterocycles. The second-order valence-corrected chi connectivity index (χ2v) is 10.4. The van der Waals surface area contributed by atoms with Crippen LogP contribution in [0.15, 0.2) is 47.5 Å². The molecule has 2 aliphatic rings. The highest BCUT2D eigenvalue weighted by molar-refractivity contribution is 7.89. The van der Waals surface area contributed by atoms with Gasteiger partial charge in [-0.15, -0.1) is 0 Å². The minimum Gasteiger partial charge on any atom is -0.464 e. The Morgan fingerprint density at radius 3 is 2.32 bits per heavy atom. The van der Waals surface area contributed by atoms with E-state index in [4.69, 9.17) is 4.74 Å². The number of halogens is 1. The molecule has 0 N–H and O–H groups in total. The maximum absolute atomic E-state index is 14.0. The number of piperidine rings is 1. The highest BCUT2D eigenvalue weighted by Gasteiger charge is 2.32. The van der Waals surface area contributed by atoms with E-state index in [1.165, 1.54) is 29.6 Å². The molecular weight excluding hydrogens is 463 g/mol. The van der Waals surface area contributed by atoms with Gasteiger partial charge in [0.1, 0.15) is 16.4 Å². The molecule has 4 rings (SSSR count). The molecule has 1 amide bonds. The van der Waals surface area contributed by atoms with Crippen molar-refractivity contribution in [3.63, 3.8) is 0 Å². The van der Waals surface area contributed by atoms with Gasteiger partial charge in [0.25, 0.3) is 0 Å². The van der Waals surface area contributed by atoms with Crippen molar-refractivity contribution >= 4 is 21.9 Å². The molecule has 0 radical (unpaired) electrons. The van der Waals surface area contributed by atoms with Gasteiger partial charge in [0.15, 0.2) is 0 Å². The lowest BCUT2D eigenvalue weighted by atomic mass is 10.0. The average molecular weight is 493 g/mol. The van der Waals surface area contributed by atoms with Gasteiger partial charge in [-0.05, 0) is 37.1 Å². The van der Waals surface area contributed by atoms with Crippen molar-refractivity contribution in [2.24, 2.45) is 0 Å². The quantitative estimate of drug-likeness (QED) is 0.569. The van der Waals surface area contributed by atoms with Crippen molar-refractivity contribution in [3.05, 3.63) is 54.1 Å². The Morgan fingerprint density at radius 2 is 1.68 bits per heavy atom. The Morgan fingerprint density at radius 1 is 1.00 bits per heavy atom. The number of carbonyl (C=O) groups is 2. The number of likely N-dealkylation sites (tertiary alicyclic amines) is 1. The highest BCUT2D eigenvalue weighted by atomic mass is 32.2. The first-order chi connectivity index (χ1) is 16.3. The lowest BCUT2D eigenvalue weighted by Crippen LogP contribution is -2.53. The maximum Gasteiger partial charge on any atom is 0.354 e. The van der Waals surface area contributed by atoms with Crippen molar-refractivity contribution in [3.8, 4) is 0 Å². The van der Waals surface area contributed by atoms with E-state index in [2.05, 4.69) is 4.90 Å². The molecule has 9 nitrogen and oxygen atoms in total. The predicted octanol–water partition coefficient (Wildman–Crippen LogP) is 1.58. The van der Waals surface area contributed by atoms with Crippen LogP contribution >= 0.6 is 0 Å². The number of rotatable bonds is 6. The number of piperazine rings is 1. The minimum absolute atomic E-state index is 0.0439. The summed E-state index contributed by atoms with van der Waals surface area (Å²) >= 11 is 0. The van der Waals surface area contributed by atoms with Crippen molar-refractivity contribution in [2.75, 3.05) is 52.9 Å². The number of benzene rings is 1. The van der Waals surface area contributed by atoms with Gasteiger partial charge in [-0.25, -0.2) is 17.6 Å². The summed E-state index contributed by atoms with van der Waals surface area (Å²) in [7, 11) is -2.57. The zero-order valence-corrected chi connectivity index (χ0v) is 19.9. The smallest absolute Gasteiger partial charge is 0.354 e. The third-order valence-electron chi connectivity index (χ3n) is 6.53. The molecule has 0 saturated carbocycles. The lowest BCUT2D eigenvalue weighted by molar-refractivity contribution is -0.133. The monoisotopic (exact) mass is 492 g/mol. The van der Waals surface area contributed by atoms with Crippen molar-refractivity contribution in [1.29, 1.82) is 0 Å². The Bertz CT molecular complexity index is 1140. The van der Waals surface area contributed by atoms with E-state index >= 15 is 0 Å². The molecule has 0 aliphatic carbocycles. The van der Waals surface area contributed by atoms with Crippen molar-refractivity contribution in [2.45, 2.75) is 23.8 Å². The molecule has 11 heteroatoms. The summed E-state index contributed by atoms with van der Waals surface area (Å²) in [6.45, 7) is 2.52. The molecule has 2 aromatic rings. The van der Waals surface area contributed by atoms with Gasteiger partial charge >= 0.3 is 5.97 Å². The Balaban J connectivity index is 1.27. The number of aromatic nitrogens is 1. The standard InChI is InChI=1S/C23H29FN4O5S/c1-33-23(30)20-6-4-10-28(20)18-8-11-25(12-9-18)17-22(29)26-13-15-27(16-14-26)34(31,32)21-7-3-2-5-19(21)24/h2-7,10,18H,8-9,11-17H2,1H3. The number of hydrogen-bond acceptors (Lipinski definition) is 6. The molecule has 34 heavy (non-hydrogen) atoms. The second kappa shape index (κ2) is 10.2. The van der Waals surface area contributed by atoms with E-state index < -0.39 is 15.8 Å². The Hall–Kier alpha value is -2.76. The first-order valence-electron chi connectivity index (χ1n) is 11.3. The molecule has 0 unspecified atom stereocenters. The third kappa shape index (κ3) is 5.01. The van der Waals surface area contributed by atoms with Crippen LogP contribution < -0.4 is 0 Å². The summed E-state index contributed by atoms with van der Waals surface area (Å²) < 4.78 is 47.5. The van der Waals surface area contributed by atoms with Crippen molar-refractivity contribution < 1.29 is 27.1 Å². The first kappa shape index (κ1) is 24.4. The molecule has 2 saturated heterocycles. The van der Waals surface area contributed by atoms with E-state index in [-0.39, 0.29) is 55.5 Å². The highest BCUT2D eigenvalue weighted by Crippen LogP contribution is 2.25. The third-order valence-corrected chi connectivity index (χ3v) is 8.46. The summed E-state index contributed by atoms with van der Waals surface area (Å²) in [4.78, 5) is 28.2. The zero-order chi connectivity index (χ0) is 24.3. The van der Waals surface area contributed by atoms with Crippen LogP contribution in [0.5, 0.6) is 0 Å². The van der Waals surface area contributed by atoms with Crippen LogP contribution in [0.25, 0.3) is 0 Å². The molecule has 184 valence electrons.